The summed E-state index contributed by atoms with van der Waals surface area (Å²) in [5.41, 5.74) is 7.62. The molecule has 0 saturated carbocycles. The topological polar surface area (TPSA) is 84.7 Å². The third-order valence-electron chi connectivity index (χ3n) is 4.60. The normalized spacial score (nSPS) is 16.8. The summed E-state index contributed by atoms with van der Waals surface area (Å²) in [6, 6.07) is 14.3. The first-order chi connectivity index (χ1) is 12.6. The van der Waals surface area contributed by atoms with Crippen molar-refractivity contribution in [3.63, 3.8) is 0 Å². The maximum atomic E-state index is 12.6. The first-order valence-corrected chi connectivity index (χ1v) is 8.67. The third-order valence-corrected chi connectivity index (χ3v) is 4.60. The molecule has 0 aromatic heterocycles. The fourth-order valence-electron chi connectivity index (χ4n) is 3.20. The molecule has 6 nitrogen and oxygen atoms in total. The van der Waals surface area contributed by atoms with Crippen molar-refractivity contribution in [2.45, 2.75) is 12.8 Å². The number of benzene rings is 2. The van der Waals surface area contributed by atoms with Crippen molar-refractivity contribution in [3.05, 3.63) is 54.1 Å². The quantitative estimate of drug-likeness (QED) is 0.828. The van der Waals surface area contributed by atoms with Gasteiger partial charge in [-0.05, 0) is 43.2 Å². The molecule has 3 N–H and O–H groups in total. The van der Waals surface area contributed by atoms with Gasteiger partial charge in [0.2, 0.25) is 5.91 Å². The minimum absolute atomic E-state index is 0.0307. The van der Waals surface area contributed by atoms with Crippen LogP contribution in [0.4, 0.5) is 11.4 Å². The second-order valence-electron chi connectivity index (χ2n) is 6.40. The number of hydrogen-bond donors (Lipinski definition) is 2. The van der Waals surface area contributed by atoms with Gasteiger partial charge < -0.3 is 20.7 Å². The van der Waals surface area contributed by atoms with Gasteiger partial charge in [0.25, 0.3) is 5.91 Å². The summed E-state index contributed by atoms with van der Waals surface area (Å²) in [7, 11) is 1.55. The number of nitrogens with one attached hydrogen (secondary N) is 1. The zero-order valence-electron chi connectivity index (χ0n) is 14.8. The van der Waals surface area contributed by atoms with E-state index in [0.29, 0.717) is 35.8 Å². The summed E-state index contributed by atoms with van der Waals surface area (Å²) in [5.74, 6) is 0.206. The number of nitrogen functional groups attached to an aromatic ring is 1. The molecule has 0 radical (unpaired) electrons. The monoisotopic (exact) mass is 353 g/mol. The van der Waals surface area contributed by atoms with Crippen LogP contribution in [0, 0.1) is 5.92 Å². The molecule has 0 bridgehead atoms. The number of ether oxygens (including phenoxy) is 1. The highest BCUT2D eigenvalue weighted by Gasteiger charge is 2.29. The maximum Gasteiger partial charge on any atom is 0.253 e. The lowest BCUT2D eigenvalue weighted by atomic mass is 9.96. The van der Waals surface area contributed by atoms with Gasteiger partial charge in [0.05, 0.1) is 18.7 Å². The number of hydrogen-bond acceptors (Lipinski definition) is 4. The van der Waals surface area contributed by atoms with Gasteiger partial charge in [0.15, 0.2) is 0 Å². The largest absolute Gasteiger partial charge is 0.495 e. The van der Waals surface area contributed by atoms with Gasteiger partial charge in [-0.3, -0.25) is 9.59 Å². The van der Waals surface area contributed by atoms with Gasteiger partial charge in [0.1, 0.15) is 5.75 Å². The van der Waals surface area contributed by atoms with E-state index < -0.39 is 0 Å². The average Bonchev–Trinajstić information content (AvgIpc) is 2.68. The van der Waals surface area contributed by atoms with E-state index in [-0.39, 0.29) is 17.7 Å². The van der Waals surface area contributed by atoms with Crippen LogP contribution in [0.25, 0.3) is 0 Å². The van der Waals surface area contributed by atoms with Crippen molar-refractivity contribution >= 4 is 23.2 Å². The number of nitrogens with zero attached hydrogens (tertiary/aromatic N) is 1. The summed E-state index contributed by atoms with van der Waals surface area (Å²) in [6.45, 7) is 1.10. The van der Waals surface area contributed by atoms with Crippen molar-refractivity contribution in [2.24, 2.45) is 5.92 Å². The average molecular weight is 353 g/mol. The highest BCUT2D eigenvalue weighted by atomic mass is 16.5. The number of piperidine rings is 1. The number of carbonyl (C=O) groups excluding carboxylic acids is 2. The third kappa shape index (κ3) is 3.96. The molecule has 1 heterocycles. The Kier molecular flexibility index (Phi) is 5.41. The molecular formula is C20H23N3O3. The van der Waals surface area contributed by atoms with E-state index in [2.05, 4.69) is 5.32 Å². The summed E-state index contributed by atoms with van der Waals surface area (Å²) in [4.78, 5) is 27.0. The van der Waals surface area contributed by atoms with Crippen LogP contribution in [-0.4, -0.2) is 36.9 Å². The fourth-order valence-corrected chi connectivity index (χ4v) is 3.20. The molecule has 2 amide bonds. The van der Waals surface area contributed by atoms with Crippen LogP contribution in [0.15, 0.2) is 48.5 Å². The minimum atomic E-state index is -0.236. The number of carbonyl (C=O) groups is 2. The van der Waals surface area contributed by atoms with E-state index in [0.717, 1.165) is 12.8 Å². The molecule has 1 aliphatic heterocycles. The Hall–Kier alpha value is -3.02. The van der Waals surface area contributed by atoms with Crippen LogP contribution in [-0.2, 0) is 4.79 Å². The Bertz CT molecular complexity index is 792. The Morgan fingerprint density at radius 2 is 1.96 bits per heavy atom. The van der Waals surface area contributed by atoms with Crippen LogP contribution in [0.2, 0.25) is 0 Å². The van der Waals surface area contributed by atoms with Crippen molar-refractivity contribution in [1.82, 2.24) is 4.90 Å². The number of anilines is 2. The smallest absolute Gasteiger partial charge is 0.253 e. The molecule has 6 heteroatoms. The SMILES string of the molecule is COc1ccc(NC(=O)C2CCCN(C(=O)c3ccccc3)C2)cc1N. The summed E-state index contributed by atoms with van der Waals surface area (Å²) in [6.07, 6.45) is 1.57. The molecular weight excluding hydrogens is 330 g/mol. The molecule has 136 valence electrons. The number of methoxy groups -OCH3 is 1. The zero-order valence-corrected chi connectivity index (χ0v) is 14.8. The van der Waals surface area contributed by atoms with E-state index in [1.807, 2.05) is 18.2 Å². The maximum absolute atomic E-state index is 12.6. The van der Waals surface area contributed by atoms with Crippen LogP contribution in [0.3, 0.4) is 0 Å². The lowest BCUT2D eigenvalue weighted by Gasteiger charge is -2.32. The van der Waals surface area contributed by atoms with Crippen molar-refractivity contribution in [2.75, 3.05) is 31.2 Å². The number of amides is 2. The molecule has 1 atom stereocenters. The first kappa shape index (κ1) is 17.8. The minimum Gasteiger partial charge on any atom is -0.495 e. The molecule has 1 fully saturated rings. The van der Waals surface area contributed by atoms with Crippen molar-refractivity contribution in [3.8, 4) is 5.75 Å². The summed E-state index contributed by atoms with van der Waals surface area (Å²) in [5, 5.41) is 2.89. The van der Waals surface area contributed by atoms with E-state index in [4.69, 9.17) is 10.5 Å². The first-order valence-electron chi connectivity index (χ1n) is 8.67. The van der Waals surface area contributed by atoms with Gasteiger partial charge in [-0.25, -0.2) is 0 Å². The Labute approximate surface area is 152 Å². The lowest BCUT2D eigenvalue weighted by molar-refractivity contribution is -0.121. The lowest BCUT2D eigenvalue weighted by Crippen LogP contribution is -2.43. The van der Waals surface area contributed by atoms with Crippen LogP contribution in [0.5, 0.6) is 5.75 Å². The second-order valence-corrected chi connectivity index (χ2v) is 6.40. The van der Waals surface area contributed by atoms with Crippen molar-refractivity contribution in [1.29, 1.82) is 0 Å². The standard InChI is InChI=1S/C20H23N3O3/c1-26-18-10-9-16(12-17(18)21)22-19(24)15-8-5-11-23(13-15)20(25)14-6-3-2-4-7-14/h2-4,6-7,9-10,12,15H,5,8,11,13,21H2,1H3,(H,22,24). The molecule has 0 aliphatic carbocycles. The van der Waals surface area contributed by atoms with E-state index >= 15 is 0 Å². The molecule has 26 heavy (non-hydrogen) atoms. The van der Waals surface area contributed by atoms with E-state index in [1.54, 1.807) is 42.3 Å². The number of rotatable bonds is 4. The van der Waals surface area contributed by atoms with Gasteiger partial charge in [0, 0.05) is 24.3 Å². The molecule has 1 saturated heterocycles. The zero-order chi connectivity index (χ0) is 18.5. The summed E-state index contributed by atoms with van der Waals surface area (Å²) < 4.78 is 5.12. The predicted molar refractivity (Wildman–Crippen MR) is 101 cm³/mol. The predicted octanol–water partition coefficient (Wildman–Crippen LogP) is 2.77. The van der Waals surface area contributed by atoms with Gasteiger partial charge in [-0.1, -0.05) is 18.2 Å². The van der Waals surface area contributed by atoms with Crippen LogP contribution < -0.4 is 15.8 Å². The van der Waals surface area contributed by atoms with Gasteiger partial charge in [-0.15, -0.1) is 0 Å². The van der Waals surface area contributed by atoms with E-state index in [9.17, 15) is 9.59 Å². The molecule has 2 aromatic rings. The number of likely N-dealkylation sites (tertiary alicyclic amines) is 1. The molecule has 1 unspecified atom stereocenters. The highest BCUT2D eigenvalue weighted by Crippen LogP contribution is 2.26. The van der Waals surface area contributed by atoms with Gasteiger partial charge in [-0.2, -0.15) is 0 Å². The fraction of sp³-hybridized carbons (Fsp3) is 0.300. The van der Waals surface area contributed by atoms with Gasteiger partial charge >= 0.3 is 0 Å². The number of nitrogens with two attached hydrogens (primary N) is 1. The molecule has 1 aliphatic rings. The molecule has 3 rings (SSSR count). The second kappa shape index (κ2) is 7.91. The van der Waals surface area contributed by atoms with Crippen LogP contribution >= 0.6 is 0 Å². The Morgan fingerprint density at radius 1 is 1.19 bits per heavy atom. The Balaban J connectivity index is 1.64. The molecule has 2 aromatic carbocycles. The highest BCUT2D eigenvalue weighted by molar-refractivity contribution is 5.96. The van der Waals surface area contributed by atoms with Crippen LogP contribution in [0.1, 0.15) is 23.2 Å². The summed E-state index contributed by atoms with van der Waals surface area (Å²) >= 11 is 0. The molecule has 0 spiro atoms. The van der Waals surface area contributed by atoms with Crippen molar-refractivity contribution < 1.29 is 14.3 Å². The Morgan fingerprint density at radius 3 is 2.65 bits per heavy atom. The van der Waals surface area contributed by atoms with E-state index in [1.165, 1.54) is 0 Å².